The van der Waals surface area contributed by atoms with Gasteiger partial charge in [-0.25, -0.2) is 14.8 Å². The molecule has 3 heterocycles. The third kappa shape index (κ3) is 3.63. The molecule has 0 unspecified atom stereocenters. The Balaban J connectivity index is 1.45. The molecule has 1 aromatic heterocycles. The maximum atomic E-state index is 12.4. The fourth-order valence-electron chi connectivity index (χ4n) is 3.76. The highest BCUT2D eigenvalue weighted by Gasteiger charge is 2.19. The minimum atomic E-state index is -0.680. The van der Waals surface area contributed by atoms with Gasteiger partial charge in [0.25, 0.3) is 5.56 Å². The van der Waals surface area contributed by atoms with E-state index >= 15 is 0 Å². The maximum Gasteiger partial charge on any atom is 0.349 e. The predicted molar refractivity (Wildman–Crippen MR) is 122 cm³/mol. The Kier molecular flexibility index (Phi) is 4.95. The number of benzene rings is 2. The van der Waals surface area contributed by atoms with Crippen LogP contribution in [0.3, 0.4) is 0 Å². The zero-order chi connectivity index (χ0) is 22.2. The lowest BCUT2D eigenvalue weighted by Crippen LogP contribution is -2.30. The Morgan fingerprint density at radius 2 is 1.75 bits per heavy atom. The van der Waals surface area contributed by atoms with E-state index in [2.05, 4.69) is 30.2 Å². The van der Waals surface area contributed by atoms with Gasteiger partial charge in [-0.05, 0) is 49.2 Å². The lowest BCUT2D eigenvalue weighted by Gasteiger charge is -2.18. The molecule has 5 rings (SSSR count). The fourth-order valence-corrected chi connectivity index (χ4v) is 3.76. The zero-order valence-corrected chi connectivity index (χ0v) is 17.7. The summed E-state index contributed by atoms with van der Waals surface area (Å²) < 4.78 is 1.87. The molecule has 0 aliphatic carbocycles. The summed E-state index contributed by atoms with van der Waals surface area (Å²) in [6.07, 6.45) is 1.76. The van der Waals surface area contributed by atoms with E-state index in [1.165, 1.54) is 0 Å². The van der Waals surface area contributed by atoms with Crippen LogP contribution in [0.4, 0.5) is 0 Å². The normalized spacial score (nSPS) is 11.6. The van der Waals surface area contributed by atoms with E-state index in [0.29, 0.717) is 25.2 Å². The second kappa shape index (κ2) is 7.93. The summed E-state index contributed by atoms with van der Waals surface area (Å²) in [7, 11) is 0. The van der Waals surface area contributed by atoms with Gasteiger partial charge in [0.15, 0.2) is 11.5 Å². The molecule has 0 bridgehead atoms. The molecule has 32 heavy (non-hydrogen) atoms. The molecular formula is C23H21N7O2. The van der Waals surface area contributed by atoms with Gasteiger partial charge in [-0.1, -0.05) is 12.1 Å². The molecule has 160 valence electrons. The number of nitrogens with one attached hydrogen (secondary N) is 2. The molecule has 2 aliphatic heterocycles. The third-order valence-corrected chi connectivity index (χ3v) is 5.54. The Bertz CT molecular complexity index is 1550. The SMILES string of the molecule is Cc1cc2nc3c(=O)[nH]c(=O)nc-3n(CCNCc3cnc4ccccc4n3)c2cc1C. The highest BCUT2D eigenvalue weighted by Crippen LogP contribution is 2.23. The van der Waals surface area contributed by atoms with Crippen LogP contribution < -0.4 is 16.6 Å². The summed E-state index contributed by atoms with van der Waals surface area (Å²) >= 11 is 0. The van der Waals surface area contributed by atoms with Gasteiger partial charge in [-0.3, -0.25) is 14.8 Å². The molecule has 3 aromatic rings. The van der Waals surface area contributed by atoms with Crippen molar-refractivity contribution in [3.05, 3.63) is 80.3 Å². The maximum absolute atomic E-state index is 12.4. The summed E-state index contributed by atoms with van der Waals surface area (Å²) in [5, 5.41) is 3.36. The summed E-state index contributed by atoms with van der Waals surface area (Å²) in [5.74, 6) is 0.279. The minimum Gasteiger partial charge on any atom is -0.321 e. The predicted octanol–water partition coefficient (Wildman–Crippen LogP) is 1.93. The lowest BCUT2D eigenvalue weighted by molar-refractivity contribution is 0.597. The van der Waals surface area contributed by atoms with Crippen LogP contribution in [0.2, 0.25) is 0 Å². The number of aryl methyl sites for hydroxylation is 2. The van der Waals surface area contributed by atoms with E-state index < -0.39 is 11.2 Å². The zero-order valence-electron chi connectivity index (χ0n) is 17.7. The number of nitrogens with zero attached hydrogens (tertiary/aromatic N) is 5. The van der Waals surface area contributed by atoms with Crippen molar-refractivity contribution < 1.29 is 0 Å². The van der Waals surface area contributed by atoms with Crippen LogP contribution in [-0.4, -0.2) is 36.0 Å². The number of H-pyrrole nitrogens is 1. The van der Waals surface area contributed by atoms with Crippen molar-refractivity contribution in [1.29, 1.82) is 0 Å². The Hall–Kier alpha value is -3.98. The first-order valence-electron chi connectivity index (χ1n) is 10.3. The molecule has 2 aromatic carbocycles. The Morgan fingerprint density at radius 1 is 0.969 bits per heavy atom. The fraction of sp³-hybridized carbons (Fsp3) is 0.217. The van der Waals surface area contributed by atoms with Crippen LogP contribution in [0.1, 0.15) is 16.8 Å². The lowest BCUT2D eigenvalue weighted by atomic mass is 10.1. The number of rotatable bonds is 5. The highest BCUT2D eigenvalue weighted by molar-refractivity contribution is 5.81. The molecule has 2 N–H and O–H groups in total. The number of para-hydroxylation sites is 2. The molecule has 0 spiro atoms. The molecular weight excluding hydrogens is 406 g/mol. The van der Waals surface area contributed by atoms with E-state index in [1.54, 1.807) is 6.20 Å². The minimum absolute atomic E-state index is 0.153. The molecule has 0 fully saturated rings. The number of aromatic nitrogens is 6. The van der Waals surface area contributed by atoms with E-state index in [1.807, 2.05) is 54.8 Å². The molecule has 9 heteroatoms. The van der Waals surface area contributed by atoms with Gasteiger partial charge in [-0.2, -0.15) is 4.98 Å². The van der Waals surface area contributed by atoms with Crippen molar-refractivity contribution in [2.24, 2.45) is 0 Å². The van der Waals surface area contributed by atoms with Gasteiger partial charge >= 0.3 is 5.69 Å². The van der Waals surface area contributed by atoms with Crippen LogP contribution in [0.15, 0.2) is 52.2 Å². The average Bonchev–Trinajstić information content (AvgIpc) is 2.77. The second-order valence-electron chi connectivity index (χ2n) is 7.76. The topological polar surface area (TPSA) is 118 Å². The third-order valence-electron chi connectivity index (χ3n) is 5.54. The van der Waals surface area contributed by atoms with E-state index in [0.717, 1.165) is 33.4 Å². The molecule has 0 radical (unpaired) electrons. The van der Waals surface area contributed by atoms with E-state index in [9.17, 15) is 9.59 Å². The van der Waals surface area contributed by atoms with Gasteiger partial charge < -0.3 is 9.88 Å². The van der Waals surface area contributed by atoms with Crippen LogP contribution >= 0.6 is 0 Å². The van der Waals surface area contributed by atoms with Crippen LogP contribution in [-0.2, 0) is 13.1 Å². The summed E-state index contributed by atoms with van der Waals surface area (Å²) in [5.41, 5.74) is 5.17. The molecule has 0 atom stereocenters. The second-order valence-corrected chi connectivity index (χ2v) is 7.76. The van der Waals surface area contributed by atoms with E-state index in [-0.39, 0.29) is 11.5 Å². The van der Waals surface area contributed by atoms with Crippen LogP contribution in [0, 0.1) is 13.8 Å². The summed E-state index contributed by atoms with van der Waals surface area (Å²) in [6, 6.07) is 11.7. The number of hydrogen-bond acceptors (Lipinski definition) is 7. The monoisotopic (exact) mass is 427 g/mol. The number of fused-ring (bicyclic) bond motifs is 3. The standard InChI is InChI=1S/C23H21N7O2/c1-13-9-18-19(10-14(13)2)30(21-20(27-18)22(31)29-23(32)28-21)8-7-24-11-15-12-25-16-5-3-4-6-17(16)26-15/h3-6,9-10,12,24H,7-8,11H2,1-2H3,(H,29,31,32). The van der Waals surface area contributed by atoms with Crippen molar-refractivity contribution in [2.45, 2.75) is 26.9 Å². The first kappa shape index (κ1) is 20.0. The first-order valence-corrected chi connectivity index (χ1v) is 10.3. The van der Waals surface area contributed by atoms with Gasteiger partial charge in [0, 0.05) is 19.6 Å². The summed E-state index contributed by atoms with van der Waals surface area (Å²) in [6.45, 7) is 5.63. The van der Waals surface area contributed by atoms with Gasteiger partial charge in [-0.15, -0.1) is 0 Å². The largest absolute Gasteiger partial charge is 0.349 e. The van der Waals surface area contributed by atoms with Crippen molar-refractivity contribution >= 4 is 22.1 Å². The average molecular weight is 427 g/mol. The van der Waals surface area contributed by atoms with Gasteiger partial charge in [0.1, 0.15) is 0 Å². The number of aromatic amines is 1. The number of hydrogen-bond donors (Lipinski definition) is 2. The summed E-state index contributed by atoms with van der Waals surface area (Å²) in [4.78, 5) is 44.1. The molecule has 0 saturated carbocycles. The first-order chi connectivity index (χ1) is 15.5. The van der Waals surface area contributed by atoms with Crippen molar-refractivity contribution in [3.8, 4) is 11.5 Å². The highest BCUT2D eigenvalue weighted by atomic mass is 16.2. The molecule has 0 amide bonds. The quantitative estimate of drug-likeness (QED) is 0.325. The van der Waals surface area contributed by atoms with Gasteiger partial charge in [0.05, 0.1) is 34.0 Å². The Labute approximate surface area is 182 Å². The molecule has 0 saturated heterocycles. The van der Waals surface area contributed by atoms with Crippen molar-refractivity contribution in [3.63, 3.8) is 0 Å². The van der Waals surface area contributed by atoms with Crippen LogP contribution in [0.25, 0.3) is 33.6 Å². The van der Waals surface area contributed by atoms with Crippen molar-refractivity contribution in [1.82, 2.24) is 34.8 Å². The van der Waals surface area contributed by atoms with Crippen LogP contribution in [0.5, 0.6) is 0 Å². The van der Waals surface area contributed by atoms with E-state index in [4.69, 9.17) is 0 Å². The molecule has 9 nitrogen and oxygen atoms in total. The smallest absolute Gasteiger partial charge is 0.321 e. The van der Waals surface area contributed by atoms with Crippen molar-refractivity contribution in [2.75, 3.05) is 6.54 Å². The van der Waals surface area contributed by atoms with Gasteiger partial charge in [0.2, 0.25) is 0 Å². The Morgan fingerprint density at radius 3 is 2.59 bits per heavy atom. The molecule has 2 aliphatic rings.